The molecule has 0 bridgehead atoms. The van der Waals surface area contributed by atoms with E-state index >= 15 is 0 Å². The topological polar surface area (TPSA) is 75.7 Å². The molecule has 0 saturated heterocycles. The van der Waals surface area contributed by atoms with Gasteiger partial charge in [0.05, 0.1) is 18.5 Å². The van der Waals surface area contributed by atoms with Gasteiger partial charge in [-0.25, -0.2) is 8.42 Å². The van der Waals surface area contributed by atoms with Crippen molar-refractivity contribution < 1.29 is 17.9 Å². The van der Waals surface area contributed by atoms with Crippen LogP contribution in [-0.4, -0.2) is 39.8 Å². The van der Waals surface area contributed by atoms with Crippen molar-refractivity contribution in [3.63, 3.8) is 0 Å². The van der Waals surface area contributed by atoms with Crippen LogP contribution in [0.4, 0.5) is 5.69 Å². The van der Waals surface area contributed by atoms with Crippen LogP contribution in [-0.2, 0) is 14.8 Å². The van der Waals surface area contributed by atoms with Gasteiger partial charge < -0.3 is 10.1 Å². The maximum absolute atomic E-state index is 12.6. The fourth-order valence-corrected chi connectivity index (χ4v) is 4.19. The van der Waals surface area contributed by atoms with Crippen molar-refractivity contribution in [2.24, 2.45) is 0 Å². The van der Waals surface area contributed by atoms with E-state index in [4.69, 9.17) is 16.3 Å². The lowest BCUT2D eigenvalue weighted by atomic mass is 10.2. The van der Waals surface area contributed by atoms with Crippen molar-refractivity contribution in [3.8, 4) is 5.75 Å². The minimum atomic E-state index is -3.70. The first-order valence-electron chi connectivity index (χ1n) is 8.82. The summed E-state index contributed by atoms with van der Waals surface area (Å²) in [6.45, 7) is 5.80. The van der Waals surface area contributed by atoms with Crippen LogP contribution in [0, 0.1) is 13.8 Å². The minimum Gasteiger partial charge on any atom is -0.492 e. The summed E-state index contributed by atoms with van der Waals surface area (Å²) in [6.07, 6.45) is 1.07. The monoisotopic (exact) mass is 424 g/mol. The molecule has 2 rings (SSSR count). The number of hydrogen-bond donors (Lipinski definition) is 1. The van der Waals surface area contributed by atoms with Crippen LogP contribution in [0.3, 0.4) is 0 Å². The van der Waals surface area contributed by atoms with E-state index in [0.29, 0.717) is 16.3 Å². The summed E-state index contributed by atoms with van der Waals surface area (Å²) in [5.74, 6) is 0.298. The standard InChI is InChI=1S/C20H25ClN2O4S/c1-14-6-5-7-18(12-14)27-11-10-22-20(24)16(3)23(28(4,25)26)19-13-17(21)9-8-15(19)2/h5-9,12-13,16H,10-11H2,1-4H3,(H,22,24)/t16-/m0/s1. The van der Waals surface area contributed by atoms with Crippen molar-refractivity contribution in [2.45, 2.75) is 26.8 Å². The van der Waals surface area contributed by atoms with Crippen molar-refractivity contribution in [2.75, 3.05) is 23.7 Å². The summed E-state index contributed by atoms with van der Waals surface area (Å²) >= 11 is 6.03. The highest BCUT2D eigenvalue weighted by molar-refractivity contribution is 7.92. The molecule has 2 aromatic rings. The van der Waals surface area contributed by atoms with Crippen LogP contribution in [0.5, 0.6) is 5.75 Å². The van der Waals surface area contributed by atoms with E-state index in [1.54, 1.807) is 25.1 Å². The number of carbonyl (C=O) groups excluding carboxylic acids is 1. The number of sulfonamides is 1. The van der Waals surface area contributed by atoms with Crippen LogP contribution in [0.2, 0.25) is 5.02 Å². The van der Waals surface area contributed by atoms with Gasteiger partial charge in [-0.05, 0) is 56.2 Å². The van der Waals surface area contributed by atoms with Gasteiger partial charge in [-0.3, -0.25) is 9.10 Å². The van der Waals surface area contributed by atoms with E-state index in [2.05, 4.69) is 5.32 Å². The van der Waals surface area contributed by atoms with Crippen LogP contribution in [0.25, 0.3) is 0 Å². The van der Waals surface area contributed by atoms with Gasteiger partial charge in [-0.1, -0.05) is 29.8 Å². The molecule has 0 aliphatic rings. The van der Waals surface area contributed by atoms with E-state index < -0.39 is 22.0 Å². The van der Waals surface area contributed by atoms with Crippen LogP contribution in [0.1, 0.15) is 18.1 Å². The van der Waals surface area contributed by atoms with E-state index in [-0.39, 0.29) is 13.2 Å². The molecule has 1 atom stereocenters. The van der Waals surface area contributed by atoms with Gasteiger partial charge in [0.15, 0.2) is 0 Å². The predicted octanol–water partition coefficient (Wildman–Crippen LogP) is 3.31. The molecule has 0 unspecified atom stereocenters. The molecule has 152 valence electrons. The second-order valence-electron chi connectivity index (χ2n) is 6.62. The number of rotatable bonds is 8. The molecule has 1 N–H and O–H groups in total. The van der Waals surface area contributed by atoms with Gasteiger partial charge in [0, 0.05) is 5.02 Å². The first kappa shape index (κ1) is 22.0. The predicted molar refractivity (Wildman–Crippen MR) is 113 cm³/mol. The number of halogens is 1. The number of carbonyl (C=O) groups is 1. The molecule has 0 spiro atoms. The fourth-order valence-electron chi connectivity index (χ4n) is 2.80. The minimum absolute atomic E-state index is 0.253. The molecule has 0 aliphatic heterocycles. The summed E-state index contributed by atoms with van der Waals surface area (Å²) in [5, 5.41) is 3.12. The Morgan fingerprint density at radius 3 is 2.57 bits per heavy atom. The fraction of sp³-hybridized carbons (Fsp3) is 0.350. The zero-order chi connectivity index (χ0) is 20.9. The van der Waals surface area contributed by atoms with Gasteiger partial charge in [0.1, 0.15) is 18.4 Å². The van der Waals surface area contributed by atoms with E-state index in [1.807, 2.05) is 31.2 Å². The Morgan fingerprint density at radius 2 is 1.93 bits per heavy atom. The normalized spacial score (nSPS) is 12.3. The Labute approximate surface area is 171 Å². The lowest BCUT2D eigenvalue weighted by Crippen LogP contribution is -2.48. The number of benzene rings is 2. The van der Waals surface area contributed by atoms with Crippen LogP contribution < -0.4 is 14.4 Å². The largest absolute Gasteiger partial charge is 0.492 e. The van der Waals surface area contributed by atoms with E-state index in [9.17, 15) is 13.2 Å². The molecule has 28 heavy (non-hydrogen) atoms. The zero-order valence-electron chi connectivity index (χ0n) is 16.4. The second-order valence-corrected chi connectivity index (χ2v) is 8.92. The number of amides is 1. The van der Waals surface area contributed by atoms with E-state index in [1.165, 1.54) is 6.92 Å². The number of aryl methyl sites for hydroxylation is 2. The molecule has 1 amide bonds. The van der Waals surface area contributed by atoms with Crippen LogP contribution >= 0.6 is 11.6 Å². The van der Waals surface area contributed by atoms with Crippen molar-refractivity contribution >= 4 is 33.2 Å². The molecule has 8 heteroatoms. The second kappa shape index (κ2) is 9.30. The molecular formula is C20H25ClN2O4S. The number of nitrogens with one attached hydrogen (secondary N) is 1. The van der Waals surface area contributed by atoms with Gasteiger partial charge in [0.2, 0.25) is 15.9 Å². The Hall–Kier alpha value is -2.25. The Bertz CT molecular complexity index is 947. The van der Waals surface area contributed by atoms with Gasteiger partial charge in [-0.2, -0.15) is 0 Å². The lowest BCUT2D eigenvalue weighted by molar-refractivity contribution is -0.121. The number of ether oxygens (including phenoxy) is 1. The maximum Gasteiger partial charge on any atom is 0.243 e. The zero-order valence-corrected chi connectivity index (χ0v) is 18.0. The smallest absolute Gasteiger partial charge is 0.243 e. The summed E-state index contributed by atoms with van der Waals surface area (Å²) < 4.78 is 31.4. The molecule has 0 aliphatic carbocycles. The van der Waals surface area contributed by atoms with E-state index in [0.717, 1.165) is 21.9 Å². The molecule has 0 fully saturated rings. The summed E-state index contributed by atoms with van der Waals surface area (Å²) in [4.78, 5) is 12.6. The molecule has 2 aromatic carbocycles. The average Bonchev–Trinajstić information content (AvgIpc) is 2.60. The third-order valence-electron chi connectivity index (χ3n) is 4.16. The maximum atomic E-state index is 12.6. The highest BCUT2D eigenvalue weighted by atomic mass is 35.5. The molecule has 6 nitrogen and oxygen atoms in total. The SMILES string of the molecule is Cc1cccc(OCCNC(=O)[C@H](C)N(c2cc(Cl)ccc2C)S(C)(=O)=O)c1. The van der Waals surface area contributed by atoms with Crippen molar-refractivity contribution in [1.82, 2.24) is 5.32 Å². The van der Waals surface area contributed by atoms with Gasteiger partial charge in [-0.15, -0.1) is 0 Å². The lowest BCUT2D eigenvalue weighted by Gasteiger charge is -2.29. The highest BCUT2D eigenvalue weighted by Gasteiger charge is 2.30. The number of hydrogen-bond acceptors (Lipinski definition) is 4. The number of nitrogens with zero attached hydrogens (tertiary/aromatic N) is 1. The van der Waals surface area contributed by atoms with Gasteiger partial charge >= 0.3 is 0 Å². The third-order valence-corrected chi connectivity index (χ3v) is 5.62. The summed E-state index contributed by atoms with van der Waals surface area (Å²) in [5.41, 5.74) is 2.17. The Kier molecular flexibility index (Phi) is 7.32. The molecular weight excluding hydrogens is 400 g/mol. The first-order chi connectivity index (χ1) is 13.1. The molecule has 0 heterocycles. The Balaban J connectivity index is 2.04. The van der Waals surface area contributed by atoms with Crippen LogP contribution in [0.15, 0.2) is 42.5 Å². The quantitative estimate of drug-likeness (QED) is 0.659. The van der Waals surface area contributed by atoms with Crippen molar-refractivity contribution in [3.05, 3.63) is 58.6 Å². The summed E-state index contributed by atoms with van der Waals surface area (Å²) in [7, 11) is -3.70. The third kappa shape index (κ3) is 5.87. The highest BCUT2D eigenvalue weighted by Crippen LogP contribution is 2.28. The average molecular weight is 425 g/mol. The summed E-state index contributed by atoms with van der Waals surface area (Å²) in [6, 6.07) is 11.6. The molecule has 0 aromatic heterocycles. The van der Waals surface area contributed by atoms with Crippen molar-refractivity contribution in [1.29, 1.82) is 0 Å². The van der Waals surface area contributed by atoms with Gasteiger partial charge in [0.25, 0.3) is 0 Å². The first-order valence-corrected chi connectivity index (χ1v) is 11.0. The Morgan fingerprint density at radius 1 is 1.21 bits per heavy atom. The molecule has 0 saturated carbocycles. The number of anilines is 1. The molecule has 0 radical (unpaired) electrons.